The lowest BCUT2D eigenvalue weighted by atomic mass is 10.2. The Morgan fingerprint density at radius 2 is 1.85 bits per heavy atom. The molecule has 0 N–H and O–H groups in total. The van der Waals surface area contributed by atoms with E-state index in [0.29, 0.717) is 21.4 Å². The van der Waals surface area contributed by atoms with Gasteiger partial charge in [-0.05, 0) is 45.0 Å². The first-order valence-electron chi connectivity index (χ1n) is 8.10. The summed E-state index contributed by atoms with van der Waals surface area (Å²) in [6, 6.07) is 7.26. The molecular weight excluding hydrogens is 391 g/mol. The van der Waals surface area contributed by atoms with Crippen LogP contribution in [0.25, 0.3) is 5.69 Å². The fourth-order valence-electron chi connectivity index (χ4n) is 2.89. The molecule has 0 unspecified atom stereocenters. The highest BCUT2D eigenvalue weighted by Crippen LogP contribution is 2.27. The maximum Gasteiger partial charge on any atom is 0.191 e. The van der Waals surface area contributed by atoms with Gasteiger partial charge in [0.15, 0.2) is 10.9 Å². The molecule has 0 bridgehead atoms. The van der Waals surface area contributed by atoms with E-state index < -0.39 is 0 Å². The first-order valence-corrected chi connectivity index (χ1v) is 9.84. The Balaban J connectivity index is 1.86. The van der Waals surface area contributed by atoms with E-state index >= 15 is 0 Å². The summed E-state index contributed by atoms with van der Waals surface area (Å²) < 4.78 is 3.90. The molecule has 0 spiro atoms. The zero-order valence-electron chi connectivity index (χ0n) is 14.7. The summed E-state index contributed by atoms with van der Waals surface area (Å²) in [7, 11) is 0. The van der Waals surface area contributed by atoms with Gasteiger partial charge in [0.2, 0.25) is 0 Å². The number of aromatic nitrogens is 4. The largest absolute Gasteiger partial charge is 0.318 e. The van der Waals surface area contributed by atoms with E-state index in [1.165, 1.54) is 11.8 Å². The molecule has 0 saturated carbocycles. The van der Waals surface area contributed by atoms with Crippen molar-refractivity contribution in [2.75, 3.05) is 5.75 Å². The lowest BCUT2D eigenvalue weighted by Crippen LogP contribution is -2.06. The Labute approximate surface area is 166 Å². The third-order valence-corrected chi connectivity index (χ3v) is 5.51. The molecule has 0 amide bonds. The molecule has 0 aliphatic carbocycles. The van der Waals surface area contributed by atoms with E-state index in [1.807, 2.05) is 48.1 Å². The first kappa shape index (κ1) is 19.0. The Morgan fingerprint density at radius 3 is 2.50 bits per heavy atom. The predicted octanol–water partition coefficient (Wildman–Crippen LogP) is 4.99. The van der Waals surface area contributed by atoms with Crippen LogP contribution in [-0.2, 0) is 6.54 Å². The summed E-state index contributed by atoms with van der Waals surface area (Å²) in [5.41, 5.74) is 3.35. The summed E-state index contributed by atoms with van der Waals surface area (Å²) >= 11 is 13.6. The van der Waals surface area contributed by atoms with Crippen molar-refractivity contribution in [3.63, 3.8) is 0 Å². The summed E-state index contributed by atoms with van der Waals surface area (Å²) in [6.45, 7) is 6.67. The van der Waals surface area contributed by atoms with Gasteiger partial charge in [-0.25, -0.2) is 0 Å². The van der Waals surface area contributed by atoms with E-state index in [1.54, 1.807) is 12.4 Å². The van der Waals surface area contributed by atoms with Gasteiger partial charge in [0.25, 0.3) is 0 Å². The summed E-state index contributed by atoms with van der Waals surface area (Å²) in [4.78, 5) is 12.7. The molecule has 5 nitrogen and oxygen atoms in total. The summed E-state index contributed by atoms with van der Waals surface area (Å²) in [5.74, 6) is 0.354. The van der Waals surface area contributed by atoms with Gasteiger partial charge in [-0.2, -0.15) is 0 Å². The van der Waals surface area contributed by atoms with Gasteiger partial charge in [0, 0.05) is 39.2 Å². The van der Waals surface area contributed by atoms with Gasteiger partial charge in [-0.3, -0.25) is 4.79 Å². The SMILES string of the molecule is CCn1cnnc1SCC(=O)c1cc(C)n(-c2cc(Cl)cc(Cl)c2)c1C. The Hall–Kier alpha value is -1.76. The normalized spacial score (nSPS) is 11.1. The maximum atomic E-state index is 12.7. The fourth-order valence-corrected chi connectivity index (χ4v) is 4.27. The lowest BCUT2D eigenvalue weighted by molar-refractivity contribution is 0.102. The molecule has 0 aliphatic rings. The van der Waals surface area contributed by atoms with Crippen LogP contribution in [0.1, 0.15) is 28.7 Å². The van der Waals surface area contributed by atoms with Crippen LogP contribution in [0.5, 0.6) is 0 Å². The average molecular weight is 409 g/mol. The number of nitrogens with zero attached hydrogens (tertiary/aromatic N) is 4. The smallest absolute Gasteiger partial charge is 0.191 e. The molecule has 0 radical (unpaired) electrons. The lowest BCUT2D eigenvalue weighted by Gasteiger charge is -2.11. The van der Waals surface area contributed by atoms with Crippen LogP contribution in [0.4, 0.5) is 0 Å². The van der Waals surface area contributed by atoms with Crippen molar-refractivity contribution in [2.24, 2.45) is 0 Å². The minimum atomic E-state index is 0.0492. The molecule has 26 heavy (non-hydrogen) atoms. The van der Waals surface area contributed by atoms with Gasteiger partial charge < -0.3 is 9.13 Å². The molecule has 3 aromatic rings. The second-order valence-corrected chi connectivity index (χ2v) is 7.67. The van der Waals surface area contributed by atoms with Crippen molar-refractivity contribution in [3.05, 3.63) is 57.6 Å². The van der Waals surface area contributed by atoms with E-state index in [2.05, 4.69) is 10.2 Å². The highest BCUT2D eigenvalue weighted by molar-refractivity contribution is 7.99. The number of hydrogen-bond acceptors (Lipinski definition) is 4. The number of Topliss-reactive ketones (excluding diaryl/α,β-unsaturated/α-hetero) is 1. The first-order chi connectivity index (χ1) is 12.4. The molecular formula is C18H18Cl2N4OS. The molecule has 0 saturated heterocycles. The Kier molecular flexibility index (Phi) is 5.75. The van der Waals surface area contributed by atoms with Crippen LogP contribution in [0, 0.1) is 13.8 Å². The molecule has 0 aliphatic heterocycles. The van der Waals surface area contributed by atoms with Crippen LogP contribution in [0.3, 0.4) is 0 Å². The van der Waals surface area contributed by atoms with Crippen molar-refractivity contribution in [2.45, 2.75) is 32.5 Å². The number of ketones is 1. The van der Waals surface area contributed by atoms with Crippen LogP contribution in [0.2, 0.25) is 10.0 Å². The minimum Gasteiger partial charge on any atom is -0.318 e. The Morgan fingerprint density at radius 1 is 1.15 bits per heavy atom. The fraction of sp³-hybridized carbons (Fsp3) is 0.278. The monoisotopic (exact) mass is 408 g/mol. The quantitative estimate of drug-likeness (QED) is 0.425. The molecule has 0 atom stereocenters. The van der Waals surface area contributed by atoms with Crippen molar-refractivity contribution in [1.29, 1.82) is 0 Å². The van der Waals surface area contributed by atoms with Crippen LogP contribution < -0.4 is 0 Å². The highest BCUT2D eigenvalue weighted by atomic mass is 35.5. The molecule has 8 heteroatoms. The van der Waals surface area contributed by atoms with E-state index in [-0.39, 0.29) is 5.78 Å². The molecule has 1 aromatic carbocycles. The van der Waals surface area contributed by atoms with Gasteiger partial charge >= 0.3 is 0 Å². The number of rotatable bonds is 6. The molecule has 136 valence electrons. The second-order valence-electron chi connectivity index (χ2n) is 5.86. The number of halogens is 2. The zero-order valence-corrected chi connectivity index (χ0v) is 17.0. The molecule has 3 rings (SSSR count). The molecule has 2 heterocycles. The average Bonchev–Trinajstić information content (AvgIpc) is 3.15. The van der Waals surface area contributed by atoms with Gasteiger partial charge in [0.1, 0.15) is 6.33 Å². The topological polar surface area (TPSA) is 52.7 Å². The number of aryl methyl sites for hydroxylation is 2. The van der Waals surface area contributed by atoms with E-state index in [9.17, 15) is 4.79 Å². The number of carbonyl (C=O) groups is 1. The maximum absolute atomic E-state index is 12.7. The third-order valence-electron chi connectivity index (χ3n) is 4.09. The Bertz CT molecular complexity index is 944. The van der Waals surface area contributed by atoms with Crippen LogP contribution in [0.15, 0.2) is 35.7 Å². The zero-order chi connectivity index (χ0) is 18.8. The summed E-state index contributed by atoms with van der Waals surface area (Å²) in [5, 5.41) is 9.80. The van der Waals surface area contributed by atoms with Crippen molar-refractivity contribution in [1.82, 2.24) is 19.3 Å². The van der Waals surface area contributed by atoms with Crippen molar-refractivity contribution in [3.8, 4) is 5.69 Å². The standard InChI is InChI=1S/C18H18Cl2N4OS/c1-4-23-10-21-22-18(23)26-9-17(25)16-5-11(2)24(12(16)3)15-7-13(19)6-14(20)8-15/h5-8,10H,4,9H2,1-3H3. The highest BCUT2D eigenvalue weighted by Gasteiger charge is 2.18. The third kappa shape index (κ3) is 3.82. The van der Waals surface area contributed by atoms with Crippen LogP contribution in [-0.4, -0.2) is 30.9 Å². The van der Waals surface area contributed by atoms with Crippen molar-refractivity contribution < 1.29 is 4.79 Å². The summed E-state index contributed by atoms with van der Waals surface area (Å²) in [6.07, 6.45) is 1.67. The molecule has 0 fully saturated rings. The van der Waals surface area contributed by atoms with Gasteiger partial charge in [-0.1, -0.05) is 35.0 Å². The number of hydrogen-bond donors (Lipinski definition) is 0. The minimum absolute atomic E-state index is 0.0492. The molecule has 2 aromatic heterocycles. The second kappa shape index (κ2) is 7.86. The number of benzene rings is 1. The predicted molar refractivity (Wildman–Crippen MR) is 106 cm³/mol. The van der Waals surface area contributed by atoms with E-state index in [0.717, 1.165) is 28.8 Å². The van der Waals surface area contributed by atoms with Gasteiger partial charge in [0.05, 0.1) is 5.75 Å². The van der Waals surface area contributed by atoms with Crippen LogP contribution >= 0.6 is 35.0 Å². The number of thioether (sulfide) groups is 1. The van der Waals surface area contributed by atoms with Gasteiger partial charge in [-0.15, -0.1) is 10.2 Å². The number of carbonyl (C=O) groups excluding carboxylic acids is 1. The van der Waals surface area contributed by atoms with Crippen molar-refractivity contribution >= 4 is 40.7 Å². The van der Waals surface area contributed by atoms with E-state index in [4.69, 9.17) is 23.2 Å².